The van der Waals surface area contributed by atoms with Crippen LogP contribution in [-0.2, 0) is 19.5 Å². The lowest BCUT2D eigenvalue weighted by molar-refractivity contribution is 0.508. The van der Waals surface area contributed by atoms with Crippen molar-refractivity contribution >= 4 is 11.8 Å². The van der Waals surface area contributed by atoms with Crippen molar-refractivity contribution in [2.24, 2.45) is 0 Å². The summed E-state index contributed by atoms with van der Waals surface area (Å²) < 4.78 is 2.10. The van der Waals surface area contributed by atoms with Crippen LogP contribution in [0.15, 0.2) is 6.07 Å². The second kappa shape index (κ2) is 7.77. The Morgan fingerprint density at radius 1 is 1.47 bits per heavy atom. The van der Waals surface area contributed by atoms with E-state index >= 15 is 0 Å². The fourth-order valence-corrected chi connectivity index (χ4v) is 2.37. The number of nitrogens with zero attached hydrogens (tertiary/aromatic N) is 2. The molecule has 0 aliphatic heterocycles. The Bertz CT molecular complexity index is 322. The van der Waals surface area contributed by atoms with Crippen molar-refractivity contribution in [3.63, 3.8) is 0 Å². The standard InChI is InChI=1S/C13H25N3S/c1-5-12-9-13(16(6-2)15-12)10-14-11(3)7-8-17-4/h9,11,14H,5-8,10H2,1-4H3. The molecule has 0 spiro atoms. The molecule has 4 heteroatoms. The molecule has 3 nitrogen and oxygen atoms in total. The van der Waals surface area contributed by atoms with Crippen molar-refractivity contribution in [1.82, 2.24) is 15.1 Å². The molecule has 1 N–H and O–H groups in total. The average molecular weight is 255 g/mol. The van der Waals surface area contributed by atoms with Gasteiger partial charge in [0.05, 0.1) is 11.4 Å². The lowest BCUT2D eigenvalue weighted by Crippen LogP contribution is -2.27. The third-order valence-corrected chi connectivity index (χ3v) is 3.61. The Labute approximate surface area is 109 Å². The molecule has 0 bridgehead atoms. The molecular formula is C13H25N3S. The van der Waals surface area contributed by atoms with E-state index in [1.165, 1.54) is 23.6 Å². The lowest BCUT2D eigenvalue weighted by Gasteiger charge is -2.13. The summed E-state index contributed by atoms with van der Waals surface area (Å²) in [5.74, 6) is 1.22. The maximum Gasteiger partial charge on any atom is 0.0625 e. The fourth-order valence-electron chi connectivity index (χ4n) is 1.78. The van der Waals surface area contributed by atoms with E-state index in [1.807, 2.05) is 11.8 Å². The van der Waals surface area contributed by atoms with Crippen LogP contribution in [0.3, 0.4) is 0 Å². The molecule has 1 aromatic rings. The van der Waals surface area contributed by atoms with E-state index in [0.29, 0.717) is 6.04 Å². The van der Waals surface area contributed by atoms with Crippen LogP contribution in [0.2, 0.25) is 0 Å². The molecule has 0 aromatic carbocycles. The van der Waals surface area contributed by atoms with Crippen LogP contribution < -0.4 is 5.32 Å². The third kappa shape index (κ3) is 4.72. The first-order chi connectivity index (χ1) is 8.21. The van der Waals surface area contributed by atoms with Gasteiger partial charge in [0, 0.05) is 19.1 Å². The minimum atomic E-state index is 0.577. The summed E-state index contributed by atoms with van der Waals surface area (Å²) in [6.45, 7) is 8.43. The van der Waals surface area contributed by atoms with E-state index in [9.17, 15) is 0 Å². The molecule has 1 heterocycles. The van der Waals surface area contributed by atoms with Gasteiger partial charge < -0.3 is 5.32 Å². The van der Waals surface area contributed by atoms with E-state index in [2.05, 4.69) is 48.2 Å². The minimum absolute atomic E-state index is 0.577. The molecule has 0 radical (unpaired) electrons. The normalized spacial score (nSPS) is 12.9. The van der Waals surface area contributed by atoms with Gasteiger partial charge in [-0.15, -0.1) is 0 Å². The van der Waals surface area contributed by atoms with Crippen molar-refractivity contribution in [2.75, 3.05) is 12.0 Å². The van der Waals surface area contributed by atoms with Crippen LogP contribution in [0.4, 0.5) is 0 Å². The number of nitrogens with one attached hydrogen (secondary N) is 1. The van der Waals surface area contributed by atoms with Gasteiger partial charge in [0.1, 0.15) is 0 Å². The zero-order chi connectivity index (χ0) is 12.7. The SMILES string of the molecule is CCc1cc(CNC(C)CCSC)n(CC)n1. The highest BCUT2D eigenvalue weighted by Crippen LogP contribution is 2.07. The van der Waals surface area contributed by atoms with Crippen molar-refractivity contribution in [1.29, 1.82) is 0 Å². The second-order valence-corrected chi connectivity index (χ2v) is 5.35. The van der Waals surface area contributed by atoms with Crippen LogP contribution in [-0.4, -0.2) is 27.8 Å². The topological polar surface area (TPSA) is 29.9 Å². The van der Waals surface area contributed by atoms with Gasteiger partial charge in [0.2, 0.25) is 0 Å². The van der Waals surface area contributed by atoms with Crippen molar-refractivity contribution < 1.29 is 0 Å². The summed E-state index contributed by atoms with van der Waals surface area (Å²) >= 11 is 1.91. The lowest BCUT2D eigenvalue weighted by atomic mass is 10.2. The first-order valence-corrected chi connectivity index (χ1v) is 7.88. The maximum atomic E-state index is 4.56. The Morgan fingerprint density at radius 3 is 2.82 bits per heavy atom. The van der Waals surface area contributed by atoms with Crippen LogP contribution >= 0.6 is 11.8 Å². The Kier molecular flexibility index (Phi) is 6.66. The monoisotopic (exact) mass is 255 g/mol. The number of hydrogen-bond donors (Lipinski definition) is 1. The molecule has 17 heavy (non-hydrogen) atoms. The van der Waals surface area contributed by atoms with Gasteiger partial charge in [0.15, 0.2) is 0 Å². The number of aromatic nitrogens is 2. The Hall–Kier alpha value is -0.480. The minimum Gasteiger partial charge on any atom is -0.309 e. The number of hydrogen-bond acceptors (Lipinski definition) is 3. The van der Waals surface area contributed by atoms with Gasteiger partial charge >= 0.3 is 0 Å². The van der Waals surface area contributed by atoms with Gasteiger partial charge in [-0.3, -0.25) is 4.68 Å². The van der Waals surface area contributed by atoms with E-state index < -0.39 is 0 Å². The smallest absolute Gasteiger partial charge is 0.0625 e. The van der Waals surface area contributed by atoms with Crippen LogP contribution in [0.1, 0.15) is 38.6 Å². The molecule has 0 saturated carbocycles. The molecule has 0 saturated heterocycles. The summed E-state index contributed by atoms with van der Waals surface area (Å²) in [7, 11) is 0. The van der Waals surface area contributed by atoms with E-state index in [-0.39, 0.29) is 0 Å². The fraction of sp³-hybridized carbons (Fsp3) is 0.769. The molecule has 1 unspecified atom stereocenters. The number of aryl methyl sites for hydroxylation is 2. The van der Waals surface area contributed by atoms with Gasteiger partial charge in [-0.1, -0.05) is 6.92 Å². The first-order valence-electron chi connectivity index (χ1n) is 6.49. The molecule has 1 aromatic heterocycles. The molecule has 98 valence electrons. The molecule has 1 rings (SSSR count). The molecule has 0 fully saturated rings. The summed E-state index contributed by atoms with van der Waals surface area (Å²) in [5, 5.41) is 8.13. The molecular weight excluding hydrogens is 230 g/mol. The number of thioether (sulfide) groups is 1. The number of rotatable bonds is 8. The highest BCUT2D eigenvalue weighted by atomic mass is 32.2. The molecule has 0 amide bonds. The molecule has 0 aliphatic rings. The summed E-state index contributed by atoms with van der Waals surface area (Å²) in [5.41, 5.74) is 2.50. The summed E-state index contributed by atoms with van der Waals surface area (Å²) in [4.78, 5) is 0. The quantitative estimate of drug-likeness (QED) is 0.774. The van der Waals surface area contributed by atoms with E-state index in [4.69, 9.17) is 0 Å². The second-order valence-electron chi connectivity index (χ2n) is 4.36. The Balaban J connectivity index is 2.47. The predicted octanol–water partition coefficient (Wildman–Crippen LogP) is 2.70. The third-order valence-electron chi connectivity index (χ3n) is 2.96. The van der Waals surface area contributed by atoms with Gasteiger partial charge in [0.25, 0.3) is 0 Å². The Morgan fingerprint density at radius 2 is 2.24 bits per heavy atom. The zero-order valence-electron chi connectivity index (χ0n) is 11.5. The van der Waals surface area contributed by atoms with Gasteiger partial charge in [-0.25, -0.2) is 0 Å². The highest BCUT2D eigenvalue weighted by Gasteiger charge is 2.07. The predicted molar refractivity (Wildman–Crippen MR) is 76.6 cm³/mol. The summed E-state index contributed by atoms with van der Waals surface area (Å²) in [6, 6.07) is 2.80. The molecule has 1 atom stereocenters. The van der Waals surface area contributed by atoms with E-state index in [1.54, 1.807) is 0 Å². The van der Waals surface area contributed by atoms with Crippen LogP contribution in [0, 0.1) is 0 Å². The maximum absolute atomic E-state index is 4.56. The van der Waals surface area contributed by atoms with Crippen LogP contribution in [0.5, 0.6) is 0 Å². The van der Waals surface area contributed by atoms with Crippen molar-refractivity contribution in [3.8, 4) is 0 Å². The average Bonchev–Trinajstić information content (AvgIpc) is 2.76. The van der Waals surface area contributed by atoms with Crippen LogP contribution in [0.25, 0.3) is 0 Å². The summed E-state index contributed by atoms with van der Waals surface area (Å²) in [6.07, 6.45) is 4.40. The zero-order valence-corrected chi connectivity index (χ0v) is 12.3. The largest absolute Gasteiger partial charge is 0.309 e. The first kappa shape index (κ1) is 14.6. The van der Waals surface area contributed by atoms with Gasteiger partial charge in [-0.2, -0.15) is 16.9 Å². The van der Waals surface area contributed by atoms with Crippen molar-refractivity contribution in [2.45, 2.75) is 52.7 Å². The van der Waals surface area contributed by atoms with Gasteiger partial charge in [-0.05, 0) is 44.8 Å². The van der Waals surface area contributed by atoms with E-state index in [0.717, 1.165) is 19.5 Å². The molecule has 0 aliphatic carbocycles. The highest BCUT2D eigenvalue weighted by molar-refractivity contribution is 7.98. The van der Waals surface area contributed by atoms with Crippen molar-refractivity contribution in [3.05, 3.63) is 17.5 Å².